The van der Waals surface area contributed by atoms with Crippen LogP contribution in [0.1, 0.15) is 63.4 Å². The molecule has 3 heterocycles. The van der Waals surface area contributed by atoms with E-state index in [2.05, 4.69) is 44.0 Å². The Morgan fingerprint density at radius 3 is 2.67 bits per heavy atom. The number of halogens is 4. The Morgan fingerprint density at radius 2 is 1.95 bits per heavy atom. The Hall–Kier alpha value is -2.93. The summed E-state index contributed by atoms with van der Waals surface area (Å²) < 4.78 is 41.6. The van der Waals surface area contributed by atoms with Crippen LogP contribution in [0, 0.1) is 5.92 Å². The number of rotatable bonds is 11. The molecule has 4 N–H and O–H groups in total. The molecular formula is C30H37ClF3N7O2. The summed E-state index contributed by atoms with van der Waals surface area (Å²) in [4.78, 5) is 18.7. The molecular weight excluding hydrogens is 583 g/mol. The van der Waals surface area contributed by atoms with Crippen molar-refractivity contribution in [2.45, 2.75) is 88.9 Å². The number of hydrogen-bond donors (Lipinski definition) is 4. The molecule has 1 aromatic carbocycles. The van der Waals surface area contributed by atoms with Crippen LogP contribution < -0.4 is 5.32 Å². The summed E-state index contributed by atoms with van der Waals surface area (Å²) >= 11 is 5.84. The second kappa shape index (κ2) is 11.9. The maximum absolute atomic E-state index is 13.2. The first-order chi connectivity index (χ1) is 20.5. The zero-order valence-corrected chi connectivity index (χ0v) is 24.9. The number of hydrogen-bond acceptors (Lipinski definition) is 7. The first-order valence-electron chi connectivity index (χ1n) is 14.9. The third-order valence-electron chi connectivity index (χ3n) is 8.79. The molecule has 2 aliphatic carbocycles. The summed E-state index contributed by atoms with van der Waals surface area (Å²) in [7, 11) is 0. The number of H-pyrrole nitrogens is 1. The molecule has 0 unspecified atom stereocenters. The van der Waals surface area contributed by atoms with Gasteiger partial charge in [0.1, 0.15) is 29.7 Å². The lowest BCUT2D eigenvalue weighted by atomic mass is 10.0. The molecule has 0 bridgehead atoms. The topological polar surface area (TPSA) is 115 Å². The largest absolute Gasteiger partial charge is 0.417 e. The number of alkyl halides is 3. The Morgan fingerprint density at radius 1 is 1.16 bits per heavy atom. The van der Waals surface area contributed by atoms with Crippen LogP contribution >= 0.6 is 11.6 Å². The second-order valence-electron chi connectivity index (χ2n) is 12.2. The molecule has 2 fully saturated rings. The quantitative estimate of drug-likeness (QED) is 0.162. The molecule has 232 valence electrons. The Kier molecular flexibility index (Phi) is 8.31. The molecule has 0 radical (unpaired) electrons. The summed E-state index contributed by atoms with van der Waals surface area (Å²) in [6.45, 7) is 5.64. The van der Waals surface area contributed by atoms with Crippen LogP contribution in [-0.4, -0.2) is 77.0 Å². The Labute approximate surface area is 252 Å². The lowest BCUT2D eigenvalue weighted by molar-refractivity contribution is -0.137. The van der Waals surface area contributed by atoms with E-state index < -0.39 is 23.9 Å². The summed E-state index contributed by atoms with van der Waals surface area (Å²) in [6, 6.07) is 4.62. The minimum absolute atomic E-state index is 0.117. The van der Waals surface area contributed by atoms with Crippen LogP contribution in [0.5, 0.6) is 0 Å². The molecule has 13 heteroatoms. The minimum atomic E-state index is -4.53. The van der Waals surface area contributed by atoms with E-state index in [-0.39, 0.29) is 23.0 Å². The van der Waals surface area contributed by atoms with Crippen molar-refractivity contribution in [2.24, 2.45) is 5.92 Å². The molecule has 2 aliphatic rings. The SMILES string of the molecule is CC(C)N(CCCCc1nc2cc(Cl)c(C(F)(F)F)cc2[nH]1)C[C@H]1C[C@@H](n2ccc3c(NC4CC4)ncnc32)[C@H](O)[C@@H]1O. The van der Waals surface area contributed by atoms with E-state index in [0.717, 1.165) is 55.1 Å². The number of nitrogens with one attached hydrogen (secondary N) is 2. The molecule has 2 saturated carbocycles. The van der Waals surface area contributed by atoms with Gasteiger partial charge in [-0.15, -0.1) is 0 Å². The number of aromatic nitrogens is 5. The van der Waals surface area contributed by atoms with Gasteiger partial charge in [-0.3, -0.25) is 0 Å². The number of anilines is 1. The van der Waals surface area contributed by atoms with Crippen molar-refractivity contribution in [3.63, 3.8) is 0 Å². The van der Waals surface area contributed by atoms with Crippen molar-refractivity contribution in [2.75, 3.05) is 18.4 Å². The van der Waals surface area contributed by atoms with E-state index in [4.69, 9.17) is 11.6 Å². The van der Waals surface area contributed by atoms with Crippen LogP contribution in [0.3, 0.4) is 0 Å². The lowest BCUT2D eigenvalue weighted by Crippen LogP contribution is -2.40. The van der Waals surface area contributed by atoms with Crippen molar-refractivity contribution >= 4 is 39.5 Å². The number of fused-ring (bicyclic) bond motifs is 2. The summed E-state index contributed by atoms with van der Waals surface area (Å²) in [5.41, 5.74) is 0.603. The maximum atomic E-state index is 13.2. The van der Waals surface area contributed by atoms with Crippen LogP contribution in [-0.2, 0) is 12.6 Å². The number of imidazole rings is 1. The normalized spacial score (nSPS) is 22.9. The Balaban J connectivity index is 1.06. The third-order valence-corrected chi connectivity index (χ3v) is 9.10. The summed E-state index contributed by atoms with van der Waals surface area (Å²) in [6.07, 6.45) is 2.27. The number of benzene rings is 1. The van der Waals surface area contributed by atoms with E-state index in [1.165, 1.54) is 6.07 Å². The zero-order chi connectivity index (χ0) is 30.5. The molecule has 0 spiro atoms. The van der Waals surface area contributed by atoms with Gasteiger partial charge in [0.2, 0.25) is 0 Å². The smallest absolute Gasteiger partial charge is 0.390 e. The van der Waals surface area contributed by atoms with E-state index in [0.29, 0.717) is 42.3 Å². The molecule has 0 saturated heterocycles. The minimum Gasteiger partial charge on any atom is -0.390 e. The highest BCUT2D eigenvalue weighted by atomic mass is 35.5. The monoisotopic (exact) mass is 619 g/mol. The van der Waals surface area contributed by atoms with Crippen LogP contribution in [0.15, 0.2) is 30.7 Å². The Bertz CT molecular complexity index is 1590. The molecule has 4 aromatic rings. The van der Waals surface area contributed by atoms with Gasteiger partial charge in [0.15, 0.2) is 0 Å². The van der Waals surface area contributed by atoms with Gasteiger partial charge >= 0.3 is 6.18 Å². The van der Waals surface area contributed by atoms with Crippen molar-refractivity contribution in [1.82, 2.24) is 29.4 Å². The number of aliphatic hydroxyl groups is 2. The molecule has 0 amide bonds. The highest BCUT2D eigenvalue weighted by Gasteiger charge is 2.43. The first-order valence-corrected chi connectivity index (χ1v) is 15.3. The van der Waals surface area contributed by atoms with E-state index >= 15 is 0 Å². The summed E-state index contributed by atoms with van der Waals surface area (Å²) in [5.74, 6) is 1.31. The van der Waals surface area contributed by atoms with Crippen LogP contribution in [0.2, 0.25) is 5.02 Å². The molecule has 0 aliphatic heterocycles. The number of aromatic amines is 1. The van der Waals surface area contributed by atoms with Crippen molar-refractivity contribution in [3.8, 4) is 0 Å². The first kappa shape index (κ1) is 30.1. The van der Waals surface area contributed by atoms with E-state index in [9.17, 15) is 23.4 Å². The standard InChI is InChI=1S/C30H37ClF3N7O2/c1-16(2)40(9-4-3-5-25-38-22-12-20(30(32,33)34)21(31)13-23(22)39-25)14-17-11-24(27(43)26(17)42)41-10-8-19-28(37-18-6-7-18)35-15-36-29(19)41/h8,10,12-13,15-18,24,26-27,42-43H,3-7,9,11,14H2,1-2H3,(H,38,39)(H,35,36,37)/t17-,24-,26-,27+/m1/s1. The number of aliphatic hydroxyl groups excluding tert-OH is 2. The molecule has 43 heavy (non-hydrogen) atoms. The fourth-order valence-corrected chi connectivity index (χ4v) is 6.48. The van der Waals surface area contributed by atoms with Gasteiger partial charge in [-0.25, -0.2) is 15.0 Å². The molecule has 9 nitrogen and oxygen atoms in total. The fraction of sp³-hybridized carbons (Fsp3) is 0.567. The van der Waals surface area contributed by atoms with Crippen LogP contribution in [0.4, 0.5) is 19.0 Å². The number of aryl methyl sites for hydroxylation is 1. The molecule has 4 atom stereocenters. The van der Waals surface area contributed by atoms with E-state index in [1.54, 1.807) is 6.33 Å². The van der Waals surface area contributed by atoms with Gasteiger partial charge in [0.25, 0.3) is 0 Å². The van der Waals surface area contributed by atoms with Crippen molar-refractivity contribution in [3.05, 3.63) is 47.1 Å². The van der Waals surface area contributed by atoms with Gasteiger partial charge in [0, 0.05) is 37.2 Å². The summed E-state index contributed by atoms with van der Waals surface area (Å²) in [5, 5.41) is 26.1. The predicted octanol–water partition coefficient (Wildman–Crippen LogP) is 5.57. The second-order valence-corrected chi connectivity index (χ2v) is 12.6. The molecule has 6 rings (SSSR count). The third kappa shape index (κ3) is 6.33. The van der Waals surface area contributed by atoms with Gasteiger partial charge in [-0.05, 0) is 70.7 Å². The fourth-order valence-electron chi connectivity index (χ4n) is 6.22. The van der Waals surface area contributed by atoms with Crippen LogP contribution in [0.25, 0.3) is 22.1 Å². The molecule has 3 aromatic heterocycles. The van der Waals surface area contributed by atoms with Crippen molar-refractivity contribution in [1.29, 1.82) is 0 Å². The zero-order valence-electron chi connectivity index (χ0n) is 24.2. The van der Waals surface area contributed by atoms with Gasteiger partial charge in [0.05, 0.1) is 39.2 Å². The average Bonchev–Trinajstić information content (AvgIpc) is 3.40. The number of unbranched alkanes of at least 4 members (excludes halogenated alkanes) is 1. The van der Waals surface area contributed by atoms with E-state index in [1.807, 2.05) is 16.8 Å². The lowest BCUT2D eigenvalue weighted by Gasteiger charge is -2.30. The van der Waals surface area contributed by atoms with Gasteiger partial charge < -0.3 is 30.0 Å². The number of nitrogens with zero attached hydrogens (tertiary/aromatic N) is 5. The van der Waals surface area contributed by atoms with Gasteiger partial charge in [-0.1, -0.05) is 11.6 Å². The highest BCUT2D eigenvalue weighted by Crippen LogP contribution is 2.39. The van der Waals surface area contributed by atoms with Crippen molar-refractivity contribution < 1.29 is 23.4 Å². The maximum Gasteiger partial charge on any atom is 0.417 e. The average molecular weight is 620 g/mol. The predicted molar refractivity (Wildman–Crippen MR) is 159 cm³/mol. The van der Waals surface area contributed by atoms with Gasteiger partial charge in [-0.2, -0.15) is 13.2 Å². The highest BCUT2D eigenvalue weighted by molar-refractivity contribution is 6.32.